The normalized spacial score (nSPS) is 14.8. The zero-order valence-corrected chi connectivity index (χ0v) is 9.87. The van der Waals surface area contributed by atoms with Crippen molar-refractivity contribution in [1.82, 2.24) is 0 Å². The summed E-state index contributed by atoms with van der Waals surface area (Å²) >= 11 is 0. The highest BCUT2D eigenvalue weighted by molar-refractivity contribution is 6.26. The van der Waals surface area contributed by atoms with Crippen molar-refractivity contribution in [3.8, 4) is 5.75 Å². The van der Waals surface area contributed by atoms with Crippen molar-refractivity contribution in [2.24, 2.45) is 0 Å². The average molecular weight is 232 g/mol. The van der Waals surface area contributed by atoms with Gasteiger partial charge in [0, 0.05) is 16.7 Å². The first-order chi connectivity index (χ1) is 8.10. The van der Waals surface area contributed by atoms with Crippen molar-refractivity contribution in [2.45, 2.75) is 6.92 Å². The lowest BCUT2D eigenvalue weighted by molar-refractivity contribution is 0.0906. The summed E-state index contributed by atoms with van der Waals surface area (Å²) in [7, 11) is 2.90. The van der Waals surface area contributed by atoms with Crippen LogP contribution in [0.25, 0.3) is 0 Å². The van der Waals surface area contributed by atoms with Gasteiger partial charge in [0.25, 0.3) is 0 Å². The van der Waals surface area contributed by atoms with E-state index in [9.17, 15) is 9.59 Å². The van der Waals surface area contributed by atoms with Crippen LogP contribution in [0.3, 0.4) is 0 Å². The molecule has 88 valence electrons. The van der Waals surface area contributed by atoms with Gasteiger partial charge < -0.3 is 9.47 Å². The molecule has 0 atom stereocenters. The van der Waals surface area contributed by atoms with E-state index < -0.39 is 0 Å². The zero-order chi connectivity index (χ0) is 12.6. The molecule has 1 aliphatic carbocycles. The number of fused-ring (bicyclic) bond motifs is 1. The largest absolute Gasteiger partial charge is 0.497 e. The van der Waals surface area contributed by atoms with Crippen LogP contribution in [-0.4, -0.2) is 25.8 Å². The highest BCUT2D eigenvalue weighted by Gasteiger charge is 2.31. The van der Waals surface area contributed by atoms with E-state index in [1.54, 1.807) is 25.1 Å². The van der Waals surface area contributed by atoms with E-state index >= 15 is 0 Å². The van der Waals surface area contributed by atoms with Gasteiger partial charge >= 0.3 is 0 Å². The van der Waals surface area contributed by atoms with Crippen molar-refractivity contribution >= 4 is 11.6 Å². The number of ketones is 2. The van der Waals surface area contributed by atoms with Crippen molar-refractivity contribution in [1.29, 1.82) is 0 Å². The molecule has 1 aromatic rings. The van der Waals surface area contributed by atoms with Crippen LogP contribution in [-0.2, 0) is 4.74 Å². The Morgan fingerprint density at radius 3 is 2.24 bits per heavy atom. The fourth-order valence-corrected chi connectivity index (χ4v) is 1.88. The second-order valence-corrected chi connectivity index (χ2v) is 3.73. The van der Waals surface area contributed by atoms with Gasteiger partial charge in [-0.15, -0.1) is 0 Å². The van der Waals surface area contributed by atoms with Gasteiger partial charge in [-0.3, -0.25) is 9.59 Å². The van der Waals surface area contributed by atoms with E-state index in [1.807, 2.05) is 0 Å². The van der Waals surface area contributed by atoms with Crippen LogP contribution in [0.15, 0.2) is 29.5 Å². The van der Waals surface area contributed by atoms with E-state index in [0.717, 1.165) is 0 Å². The summed E-state index contributed by atoms with van der Waals surface area (Å²) in [5, 5.41) is 0. The van der Waals surface area contributed by atoms with Crippen molar-refractivity contribution in [3.63, 3.8) is 0 Å². The van der Waals surface area contributed by atoms with Crippen LogP contribution in [0.5, 0.6) is 5.75 Å². The second-order valence-electron chi connectivity index (χ2n) is 3.73. The molecular formula is C13H12O4. The number of carbonyl (C=O) groups is 2. The molecule has 2 rings (SSSR count). The Kier molecular flexibility index (Phi) is 2.71. The first-order valence-electron chi connectivity index (χ1n) is 5.12. The fourth-order valence-electron chi connectivity index (χ4n) is 1.88. The molecule has 4 nitrogen and oxygen atoms in total. The third-order valence-corrected chi connectivity index (χ3v) is 2.81. The van der Waals surface area contributed by atoms with Gasteiger partial charge in [-0.05, 0) is 25.1 Å². The van der Waals surface area contributed by atoms with Crippen molar-refractivity contribution in [3.05, 3.63) is 40.7 Å². The Hall–Kier alpha value is -2.10. The molecule has 0 aromatic heterocycles. The maximum Gasteiger partial charge on any atom is 0.228 e. The van der Waals surface area contributed by atoms with Crippen LogP contribution in [0, 0.1) is 0 Å². The Morgan fingerprint density at radius 1 is 0.941 bits per heavy atom. The zero-order valence-electron chi connectivity index (χ0n) is 9.87. The minimum Gasteiger partial charge on any atom is -0.497 e. The van der Waals surface area contributed by atoms with E-state index in [1.165, 1.54) is 14.2 Å². The molecule has 0 aliphatic heterocycles. The number of hydrogen-bond donors (Lipinski definition) is 0. The molecule has 1 aromatic carbocycles. The maximum atomic E-state index is 12.1. The molecule has 0 bridgehead atoms. The molecule has 0 radical (unpaired) electrons. The van der Waals surface area contributed by atoms with Gasteiger partial charge in [0.15, 0.2) is 11.5 Å². The van der Waals surface area contributed by atoms with Crippen molar-refractivity contribution in [2.75, 3.05) is 14.2 Å². The molecule has 0 amide bonds. The predicted molar refractivity (Wildman–Crippen MR) is 61.4 cm³/mol. The third-order valence-electron chi connectivity index (χ3n) is 2.81. The number of allylic oxidation sites excluding steroid dienone is 2. The molecule has 0 N–H and O–H groups in total. The Morgan fingerprint density at radius 2 is 1.65 bits per heavy atom. The molecule has 0 heterocycles. The number of Topliss-reactive ketones (excluding diaryl/α,β-unsaturated/α-hetero) is 2. The first-order valence-corrected chi connectivity index (χ1v) is 5.12. The van der Waals surface area contributed by atoms with E-state index in [2.05, 4.69) is 0 Å². The number of hydrogen-bond acceptors (Lipinski definition) is 4. The minimum atomic E-state index is -0.262. The molecule has 0 spiro atoms. The summed E-state index contributed by atoms with van der Waals surface area (Å²) in [4.78, 5) is 24.1. The summed E-state index contributed by atoms with van der Waals surface area (Å²) in [6.07, 6.45) is 0. The number of rotatable bonds is 2. The average Bonchev–Trinajstić information content (AvgIpc) is 2.36. The van der Waals surface area contributed by atoms with Crippen molar-refractivity contribution < 1.29 is 19.1 Å². The summed E-state index contributed by atoms with van der Waals surface area (Å²) < 4.78 is 10.0. The number of benzene rings is 1. The summed E-state index contributed by atoms with van der Waals surface area (Å²) in [6, 6.07) is 4.81. The van der Waals surface area contributed by atoms with Crippen LogP contribution in [0.2, 0.25) is 0 Å². The lowest BCUT2D eigenvalue weighted by Gasteiger charge is -2.18. The van der Waals surface area contributed by atoms with Gasteiger partial charge in [-0.1, -0.05) is 0 Å². The predicted octanol–water partition coefficient (Wildman–Crippen LogP) is 1.99. The Labute approximate surface area is 98.8 Å². The van der Waals surface area contributed by atoms with Gasteiger partial charge in [0.2, 0.25) is 5.78 Å². The molecule has 17 heavy (non-hydrogen) atoms. The SMILES string of the molecule is COC1=C(C)C(=O)c2cc(OC)ccc2C1=O. The quantitative estimate of drug-likeness (QED) is 0.782. The van der Waals surface area contributed by atoms with Gasteiger partial charge in [-0.2, -0.15) is 0 Å². The number of methoxy groups -OCH3 is 2. The van der Waals surface area contributed by atoms with Crippen LogP contribution >= 0.6 is 0 Å². The number of ether oxygens (including phenoxy) is 2. The van der Waals surface area contributed by atoms with E-state index in [-0.39, 0.29) is 17.3 Å². The summed E-state index contributed by atoms with van der Waals surface area (Å²) in [5.74, 6) is 0.212. The minimum absolute atomic E-state index is 0.118. The number of carbonyl (C=O) groups excluding carboxylic acids is 2. The molecule has 0 saturated carbocycles. The first kappa shape index (κ1) is 11.4. The van der Waals surface area contributed by atoms with Gasteiger partial charge in [0.05, 0.1) is 14.2 Å². The molecule has 1 aliphatic rings. The standard InChI is InChI=1S/C13H12O4/c1-7-11(14)10-6-8(16-2)4-5-9(10)12(15)13(7)17-3/h4-6H,1-3H3. The van der Waals surface area contributed by atoms with Crippen LogP contribution < -0.4 is 4.74 Å². The van der Waals surface area contributed by atoms with Crippen LogP contribution in [0.4, 0.5) is 0 Å². The molecular weight excluding hydrogens is 220 g/mol. The molecule has 0 unspecified atom stereocenters. The molecule has 0 saturated heterocycles. The second kappa shape index (κ2) is 4.05. The van der Waals surface area contributed by atoms with Crippen LogP contribution in [0.1, 0.15) is 27.6 Å². The van der Waals surface area contributed by atoms with E-state index in [4.69, 9.17) is 9.47 Å². The smallest absolute Gasteiger partial charge is 0.228 e. The highest BCUT2D eigenvalue weighted by atomic mass is 16.5. The third kappa shape index (κ3) is 1.62. The monoisotopic (exact) mass is 232 g/mol. The van der Waals surface area contributed by atoms with Gasteiger partial charge in [0.1, 0.15) is 5.75 Å². The Bertz CT molecular complexity index is 540. The topological polar surface area (TPSA) is 52.6 Å². The highest BCUT2D eigenvalue weighted by Crippen LogP contribution is 2.29. The lowest BCUT2D eigenvalue weighted by Crippen LogP contribution is -2.21. The molecule has 4 heteroatoms. The molecule has 0 fully saturated rings. The van der Waals surface area contributed by atoms with E-state index in [0.29, 0.717) is 22.4 Å². The lowest BCUT2D eigenvalue weighted by atomic mass is 9.88. The maximum absolute atomic E-state index is 12.1. The summed E-state index contributed by atoms with van der Waals surface area (Å²) in [6.45, 7) is 1.58. The fraction of sp³-hybridized carbons (Fsp3) is 0.231. The van der Waals surface area contributed by atoms with Gasteiger partial charge in [-0.25, -0.2) is 0 Å². The summed E-state index contributed by atoms with van der Waals surface area (Å²) in [5.41, 5.74) is 1.06. The Balaban J connectivity index is 2.64.